The van der Waals surface area contributed by atoms with E-state index in [0.29, 0.717) is 12.2 Å². The Kier molecular flexibility index (Phi) is 3.78. The van der Waals surface area contributed by atoms with Crippen LogP contribution >= 0.6 is 11.3 Å². The maximum atomic E-state index is 12.5. The van der Waals surface area contributed by atoms with E-state index in [2.05, 4.69) is 21.5 Å². The summed E-state index contributed by atoms with van der Waals surface area (Å²) in [5.41, 5.74) is 3.85. The third kappa shape index (κ3) is 2.60. The van der Waals surface area contributed by atoms with E-state index in [-0.39, 0.29) is 11.9 Å². The number of benzene rings is 1. The molecule has 136 valence electrons. The number of nitrogens with one attached hydrogen (secondary N) is 2. The van der Waals surface area contributed by atoms with E-state index in [4.69, 9.17) is 11.4 Å². The summed E-state index contributed by atoms with van der Waals surface area (Å²) >= 11 is 1.51. The number of amides is 1. The van der Waals surface area contributed by atoms with E-state index < -0.39 is 0 Å². The van der Waals surface area contributed by atoms with E-state index in [1.165, 1.54) is 11.3 Å². The molecule has 1 atom stereocenters. The minimum atomic E-state index is -0.0262. The maximum absolute atomic E-state index is 12.5. The van der Waals surface area contributed by atoms with Gasteiger partial charge in [0, 0.05) is 28.1 Å². The Hall–Kier alpha value is -3.43. The summed E-state index contributed by atoms with van der Waals surface area (Å²) in [5.74, 6) is 2.53. The van der Waals surface area contributed by atoms with Crippen LogP contribution in [0.1, 0.15) is 22.3 Å². The van der Waals surface area contributed by atoms with Crippen molar-refractivity contribution in [2.24, 2.45) is 0 Å². The van der Waals surface area contributed by atoms with Gasteiger partial charge in [0.1, 0.15) is 10.6 Å². The van der Waals surface area contributed by atoms with Crippen LogP contribution in [0.3, 0.4) is 0 Å². The first-order valence-corrected chi connectivity index (χ1v) is 9.81. The molecule has 0 unspecified atom stereocenters. The fourth-order valence-electron chi connectivity index (χ4n) is 3.53. The van der Waals surface area contributed by atoms with Crippen molar-refractivity contribution in [1.82, 2.24) is 15.3 Å². The Balaban J connectivity index is 1.71. The minimum absolute atomic E-state index is 0.0262. The van der Waals surface area contributed by atoms with E-state index in [1.54, 1.807) is 6.07 Å². The van der Waals surface area contributed by atoms with Crippen molar-refractivity contribution in [3.63, 3.8) is 0 Å². The molecular weight excluding hydrogens is 368 g/mol. The van der Waals surface area contributed by atoms with Crippen LogP contribution in [0.25, 0.3) is 32.4 Å². The first-order valence-electron chi connectivity index (χ1n) is 8.99. The lowest BCUT2D eigenvalue weighted by molar-refractivity contribution is 0.0949. The fraction of sp³-hybridized carbons (Fsp3) is 0.136. The molecule has 1 aliphatic heterocycles. The van der Waals surface area contributed by atoms with Crippen molar-refractivity contribution in [1.29, 1.82) is 0 Å². The summed E-state index contributed by atoms with van der Waals surface area (Å²) in [6.07, 6.45) is 5.46. The van der Waals surface area contributed by atoms with Crippen LogP contribution in [0.4, 0.5) is 5.69 Å². The van der Waals surface area contributed by atoms with Crippen molar-refractivity contribution in [2.45, 2.75) is 13.0 Å². The summed E-state index contributed by atoms with van der Waals surface area (Å²) in [7, 11) is 0. The number of terminal acetylenes is 1. The quantitative estimate of drug-likeness (QED) is 0.486. The monoisotopic (exact) mass is 384 g/mol. The zero-order valence-electron chi connectivity index (χ0n) is 15.1. The van der Waals surface area contributed by atoms with Gasteiger partial charge < -0.3 is 10.6 Å². The molecule has 1 amide bonds. The van der Waals surface area contributed by atoms with Crippen molar-refractivity contribution >= 4 is 43.9 Å². The first kappa shape index (κ1) is 16.7. The van der Waals surface area contributed by atoms with E-state index >= 15 is 0 Å². The lowest BCUT2D eigenvalue weighted by atomic mass is 10.1. The molecule has 0 bridgehead atoms. The van der Waals surface area contributed by atoms with E-state index in [0.717, 1.165) is 42.9 Å². The molecule has 2 N–H and O–H groups in total. The Morgan fingerprint density at radius 2 is 2.00 bits per heavy atom. The van der Waals surface area contributed by atoms with Crippen LogP contribution in [0, 0.1) is 12.3 Å². The number of anilines is 1. The number of carbonyl (C=O) groups excluding carboxylic acids is 1. The third-order valence-corrected chi connectivity index (χ3v) is 6.00. The second-order valence-electron chi connectivity index (χ2n) is 6.82. The van der Waals surface area contributed by atoms with Crippen molar-refractivity contribution in [3.8, 4) is 23.7 Å². The molecule has 1 aliphatic rings. The molecule has 0 aliphatic carbocycles. The van der Waals surface area contributed by atoms with Gasteiger partial charge in [0.05, 0.1) is 22.6 Å². The van der Waals surface area contributed by atoms with Crippen molar-refractivity contribution in [2.75, 3.05) is 11.9 Å². The molecule has 1 aromatic carbocycles. The van der Waals surface area contributed by atoms with Gasteiger partial charge in [0.25, 0.3) is 5.91 Å². The van der Waals surface area contributed by atoms with Gasteiger partial charge in [0.15, 0.2) is 0 Å². The highest BCUT2D eigenvalue weighted by molar-refractivity contribution is 7.21. The number of thiophene rings is 1. The molecule has 0 spiro atoms. The van der Waals surface area contributed by atoms with Gasteiger partial charge in [-0.2, -0.15) is 0 Å². The highest BCUT2D eigenvalue weighted by atomic mass is 32.1. The van der Waals surface area contributed by atoms with Gasteiger partial charge in [-0.1, -0.05) is 12.0 Å². The molecule has 28 heavy (non-hydrogen) atoms. The minimum Gasteiger partial charge on any atom is -0.381 e. The molecule has 5 rings (SSSR count). The van der Waals surface area contributed by atoms with Gasteiger partial charge >= 0.3 is 0 Å². The van der Waals surface area contributed by atoms with Crippen LogP contribution in [-0.2, 0) is 0 Å². The van der Waals surface area contributed by atoms with E-state index in [9.17, 15) is 4.79 Å². The van der Waals surface area contributed by atoms with Crippen LogP contribution in [0.5, 0.6) is 0 Å². The largest absolute Gasteiger partial charge is 0.381 e. The smallest absolute Gasteiger partial charge is 0.263 e. The highest BCUT2D eigenvalue weighted by Gasteiger charge is 2.24. The molecule has 4 heterocycles. The standard InChI is InChI=1S/C22H16N4OS/c1-3-13-5-4-6-16(25-13)17-8-7-14-15(26-17)9-10-18-19(14)20-21(28-18)22(27)24-12(2)11-23-20/h1,4-10,12,23H,11H2,2H3,(H,24,27)/t12-/m1/s1. The average Bonchev–Trinajstić information content (AvgIpc) is 3.04. The zero-order chi connectivity index (χ0) is 19.3. The average molecular weight is 384 g/mol. The summed E-state index contributed by atoms with van der Waals surface area (Å²) in [6, 6.07) is 13.7. The lowest BCUT2D eigenvalue weighted by Gasteiger charge is -2.10. The third-order valence-electron chi connectivity index (χ3n) is 4.85. The number of pyridine rings is 2. The molecule has 4 aromatic rings. The van der Waals surface area contributed by atoms with Crippen LogP contribution in [-0.4, -0.2) is 28.5 Å². The Bertz CT molecular complexity index is 1300. The topological polar surface area (TPSA) is 66.9 Å². The number of aromatic nitrogens is 2. The first-order chi connectivity index (χ1) is 13.6. The maximum Gasteiger partial charge on any atom is 0.263 e. The second kappa shape index (κ2) is 6.32. The molecule has 0 fully saturated rings. The summed E-state index contributed by atoms with van der Waals surface area (Å²) in [6.45, 7) is 2.68. The Morgan fingerprint density at radius 1 is 1.14 bits per heavy atom. The number of nitrogens with zero attached hydrogens (tertiary/aromatic N) is 2. The molecule has 6 heteroatoms. The van der Waals surface area contributed by atoms with Gasteiger partial charge in [-0.15, -0.1) is 17.8 Å². The number of hydrogen-bond donors (Lipinski definition) is 2. The predicted octanol–water partition coefficient (Wildman–Crippen LogP) is 4.04. The highest BCUT2D eigenvalue weighted by Crippen LogP contribution is 2.41. The molecular formula is C22H16N4OS. The zero-order valence-corrected chi connectivity index (χ0v) is 15.9. The lowest BCUT2D eigenvalue weighted by Crippen LogP contribution is -2.34. The van der Waals surface area contributed by atoms with Gasteiger partial charge in [-0.25, -0.2) is 9.97 Å². The molecule has 3 aromatic heterocycles. The SMILES string of the molecule is C#Cc1cccc(-c2ccc3c(ccc4sc5c(c43)NC[C@@H](C)NC5=O)n2)n1. The van der Waals surface area contributed by atoms with Gasteiger partial charge in [-0.3, -0.25) is 4.79 Å². The normalized spacial score (nSPS) is 16.1. The molecule has 0 saturated carbocycles. The Morgan fingerprint density at radius 3 is 2.86 bits per heavy atom. The summed E-state index contributed by atoms with van der Waals surface area (Å²) in [4.78, 5) is 22.5. The van der Waals surface area contributed by atoms with Crippen LogP contribution < -0.4 is 10.6 Å². The predicted molar refractivity (Wildman–Crippen MR) is 114 cm³/mol. The van der Waals surface area contributed by atoms with Crippen molar-refractivity contribution < 1.29 is 4.79 Å². The summed E-state index contributed by atoms with van der Waals surface area (Å²) in [5, 5.41) is 8.53. The Labute approximate surface area is 165 Å². The molecule has 5 nitrogen and oxygen atoms in total. The van der Waals surface area contributed by atoms with Gasteiger partial charge in [-0.05, 0) is 43.3 Å². The molecule has 0 radical (unpaired) electrons. The number of hydrogen-bond acceptors (Lipinski definition) is 5. The van der Waals surface area contributed by atoms with Crippen molar-refractivity contribution in [3.05, 3.63) is 53.0 Å². The van der Waals surface area contributed by atoms with E-state index in [1.807, 2.05) is 43.3 Å². The number of carbonyl (C=O) groups is 1. The fourth-order valence-corrected chi connectivity index (χ4v) is 4.62. The van der Waals surface area contributed by atoms with Crippen LogP contribution in [0.15, 0.2) is 42.5 Å². The summed E-state index contributed by atoms with van der Waals surface area (Å²) < 4.78 is 1.07. The molecule has 0 saturated heterocycles. The number of fused-ring (bicyclic) bond motifs is 5. The van der Waals surface area contributed by atoms with Gasteiger partial charge in [0.2, 0.25) is 0 Å². The van der Waals surface area contributed by atoms with Crippen LogP contribution in [0.2, 0.25) is 0 Å². The number of rotatable bonds is 1. The second-order valence-corrected chi connectivity index (χ2v) is 7.87.